The number of anilines is 1. The molecule has 0 fully saturated rings. The van der Waals surface area contributed by atoms with Crippen molar-refractivity contribution in [2.45, 2.75) is 26.4 Å². The summed E-state index contributed by atoms with van der Waals surface area (Å²) in [4.78, 5) is 16.3. The number of carbonyl (C=O) groups excluding carboxylic acids is 1. The number of benzene rings is 2. The minimum atomic E-state index is -0.235. The lowest BCUT2D eigenvalue weighted by molar-refractivity contribution is -0.118. The second-order valence-electron chi connectivity index (χ2n) is 7.14. The predicted octanol–water partition coefficient (Wildman–Crippen LogP) is 4.16. The summed E-state index contributed by atoms with van der Waals surface area (Å²) in [5.74, 6) is 0.847. The molecule has 1 amide bonds. The highest BCUT2D eigenvalue weighted by molar-refractivity contribution is 9.10. The highest BCUT2D eigenvalue weighted by Crippen LogP contribution is 2.36. The number of rotatable bonds is 11. The lowest BCUT2D eigenvalue weighted by Gasteiger charge is -2.15. The van der Waals surface area contributed by atoms with E-state index in [0.29, 0.717) is 18.0 Å². The number of halogens is 1. The zero-order chi connectivity index (χ0) is 22.1. The molecule has 2 aromatic carbocycles. The van der Waals surface area contributed by atoms with E-state index >= 15 is 0 Å². The Labute approximate surface area is 190 Å². The monoisotopic (exact) mass is 486 g/mol. The molecule has 164 valence electrons. The van der Waals surface area contributed by atoms with Gasteiger partial charge in [0.1, 0.15) is 0 Å². The van der Waals surface area contributed by atoms with Crippen molar-refractivity contribution in [2.75, 3.05) is 25.6 Å². The van der Waals surface area contributed by atoms with E-state index in [2.05, 4.69) is 36.1 Å². The third kappa shape index (κ3) is 7.11. The van der Waals surface area contributed by atoms with Crippen LogP contribution in [-0.2, 0) is 17.9 Å². The fraction of sp³-hybridized carbons (Fsp3) is 0.304. The first kappa shape index (κ1) is 22.8. The quantitative estimate of drug-likeness (QED) is 0.398. The normalized spacial score (nSPS) is 10.7. The smallest absolute Gasteiger partial charge is 0.262 e. The molecule has 0 aliphatic rings. The largest absolute Gasteiger partial charge is 0.493 e. The number of amides is 1. The molecule has 1 heterocycles. The Morgan fingerprint density at radius 2 is 2.03 bits per heavy atom. The first-order valence-electron chi connectivity index (χ1n) is 10.1. The van der Waals surface area contributed by atoms with E-state index < -0.39 is 0 Å². The topological polar surface area (TPSA) is 77.4 Å². The van der Waals surface area contributed by atoms with Crippen LogP contribution in [-0.4, -0.2) is 35.7 Å². The third-order valence-electron chi connectivity index (χ3n) is 4.63. The van der Waals surface area contributed by atoms with Crippen molar-refractivity contribution >= 4 is 27.5 Å². The number of aryl methyl sites for hydroxylation is 2. The zero-order valence-corrected chi connectivity index (χ0v) is 19.3. The van der Waals surface area contributed by atoms with E-state index in [9.17, 15) is 4.79 Å². The molecule has 3 aromatic rings. The Hall–Kier alpha value is -2.84. The van der Waals surface area contributed by atoms with Gasteiger partial charge in [0.25, 0.3) is 5.91 Å². The molecular formula is C23H27BrN4O3. The van der Waals surface area contributed by atoms with Crippen molar-refractivity contribution in [1.29, 1.82) is 0 Å². The first-order valence-corrected chi connectivity index (χ1v) is 10.9. The zero-order valence-electron chi connectivity index (χ0n) is 17.7. The van der Waals surface area contributed by atoms with Crippen molar-refractivity contribution in [1.82, 2.24) is 14.9 Å². The second kappa shape index (κ2) is 11.5. The van der Waals surface area contributed by atoms with Crippen LogP contribution in [0.1, 0.15) is 17.5 Å². The van der Waals surface area contributed by atoms with Gasteiger partial charge in [0.05, 0.1) is 17.9 Å². The van der Waals surface area contributed by atoms with Crippen molar-refractivity contribution < 1.29 is 14.3 Å². The standard InChI is InChI=1S/C23H27BrN4O3/c1-17-4-6-19(7-5-17)27-22(29)15-31-23-20(24)12-18(13-21(23)30-2)14-25-8-3-10-28-11-9-26-16-28/h4-7,9,11-13,16,25H,3,8,10,14-15H2,1-2H3,(H,27,29). The molecule has 8 heteroatoms. The summed E-state index contributed by atoms with van der Waals surface area (Å²) in [5, 5.41) is 6.25. The van der Waals surface area contributed by atoms with Crippen LogP contribution >= 0.6 is 15.9 Å². The van der Waals surface area contributed by atoms with E-state index in [1.807, 2.05) is 55.8 Å². The van der Waals surface area contributed by atoms with Crippen molar-refractivity contribution in [3.05, 3.63) is 70.7 Å². The van der Waals surface area contributed by atoms with E-state index in [4.69, 9.17) is 9.47 Å². The van der Waals surface area contributed by atoms with Gasteiger partial charge in [-0.15, -0.1) is 0 Å². The van der Waals surface area contributed by atoms with E-state index in [1.54, 1.807) is 13.3 Å². The van der Waals surface area contributed by atoms with Gasteiger partial charge < -0.3 is 24.7 Å². The molecular weight excluding hydrogens is 460 g/mol. The van der Waals surface area contributed by atoms with Gasteiger partial charge in [-0.2, -0.15) is 0 Å². The molecule has 0 aliphatic carbocycles. The van der Waals surface area contributed by atoms with Crippen molar-refractivity contribution in [3.63, 3.8) is 0 Å². The molecule has 0 saturated carbocycles. The Kier molecular flexibility index (Phi) is 8.49. The Morgan fingerprint density at radius 3 is 2.74 bits per heavy atom. The maximum Gasteiger partial charge on any atom is 0.262 e. The van der Waals surface area contributed by atoms with Gasteiger partial charge in [-0.05, 0) is 65.6 Å². The molecule has 31 heavy (non-hydrogen) atoms. The van der Waals surface area contributed by atoms with Gasteiger partial charge in [-0.1, -0.05) is 17.7 Å². The van der Waals surface area contributed by atoms with E-state index in [1.165, 1.54) is 0 Å². The molecule has 0 atom stereocenters. The number of aromatic nitrogens is 2. The van der Waals surface area contributed by atoms with Crippen LogP contribution in [0.3, 0.4) is 0 Å². The van der Waals surface area contributed by atoms with Crippen LogP contribution in [0.25, 0.3) is 0 Å². The maximum atomic E-state index is 12.2. The highest BCUT2D eigenvalue weighted by Gasteiger charge is 2.14. The van der Waals surface area contributed by atoms with Crippen molar-refractivity contribution in [2.24, 2.45) is 0 Å². The molecule has 0 bridgehead atoms. The summed E-state index contributed by atoms with van der Waals surface area (Å²) in [7, 11) is 1.59. The predicted molar refractivity (Wildman–Crippen MR) is 125 cm³/mol. The molecule has 7 nitrogen and oxygen atoms in total. The summed E-state index contributed by atoms with van der Waals surface area (Å²) in [6, 6.07) is 11.5. The molecule has 0 unspecified atom stereocenters. The van der Waals surface area contributed by atoms with Crippen LogP contribution in [0.2, 0.25) is 0 Å². The van der Waals surface area contributed by atoms with Crippen LogP contribution < -0.4 is 20.1 Å². The van der Waals surface area contributed by atoms with E-state index in [0.717, 1.165) is 40.8 Å². The molecule has 0 spiro atoms. The van der Waals surface area contributed by atoms with Gasteiger partial charge in [-0.3, -0.25) is 4.79 Å². The van der Waals surface area contributed by atoms with Crippen LogP contribution in [0, 0.1) is 6.92 Å². The average Bonchev–Trinajstić information content (AvgIpc) is 3.27. The van der Waals surface area contributed by atoms with Gasteiger partial charge in [0.15, 0.2) is 18.1 Å². The minimum absolute atomic E-state index is 0.116. The Balaban J connectivity index is 1.49. The molecule has 1 aromatic heterocycles. The fourth-order valence-electron chi connectivity index (χ4n) is 3.03. The summed E-state index contributed by atoms with van der Waals surface area (Å²) in [5.41, 5.74) is 2.93. The summed E-state index contributed by atoms with van der Waals surface area (Å²) in [6.45, 7) is 4.40. The van der Waals surface area contributed by atoms with Gasteiger partial charge in [0, 0.05) is 31.2 Å². The lowest BCUT2D eigenvalue weighted by atomic mass is 10.2. The minimum Gasteiger partial charge on any atom is -0.493 e. The second-order valence-corrected chi connectivity index (χ2v) is 8.00. The third-order valence-corrected chi connectivity index (χ3v) is 5.22. The number of hydrogen-bond donors (Lipinski definition) is 2. The van der Waals surface area contributed by atoms with Crippen molar-refractivity contribution in [3.8, 4) is 11.5 Å². The van der Waals surface area contributed by atoms with Crippen LogP contribution in [0.15, 0.2) is 59.6 Å². The molecule has 0 aliphatic heterocycles. The summed E-state index contributed by atoms with van der Waals surface area (Å²) in [6.07, 6.45) is 6.57. The number of nitrogens with one attached hydrogen (secondary N) is 2. The lowest BCUT2D eigenvalue weighted by Crippen LogP contribution is -2.20. The Morgan fingerprint density at radius 1 is 1.23 bits per heavy atom. The number of nitrogens with zero attached hydrogens (tertiary/aromatic N) is 2. The number of methoxy groups -OCH3 is 1. The highest BCUT2D eigenvalue weighted by atomic mass is 79.9. The van der Waals surface area contributed by atoms with E-state index in [-0.39, 0.29) is 12.5 Å². The number of carbonyl (C=O) groups is 1. The number of hydrogen-bond acceptors (Lipinski definition) is 5. The van der Waals surface area contributed by atoms with Gasteiger partial charge in [-0.25, -0.2) is 4.98 Å². The van der Waals surface area contributed by atoms with Crippen LogP contribution in [0.5, 0.6) is 11.5 Å². The molecule has 0 saturated heterocycles. The van der Waals surface area contributed by atoms with Gasteiger partial charge >= 0.3 is 0 Å². The maximum absolute atomic E-state index is 12.2. The summed E-state index contributed by atoms with van der Waals surface area (Å²) >= 11 is 3.54. The number of imidazole rings is 1. The summed E-state index contributed by atoms with van der Waals surface area (Å²) < 4.78 is 14.0. The Bertz CT molecular complexity index is 975. The SMILES string of the molecule is COc1cc(CNCCCn2ccnc2)cc(Br)c1OCC(=O)Nc1ccc(C)cc1. The van der Waals surface area contributed by atoms with Crippen LogP contribution in [0.4, 0.5) is 5.69 Å². The molecule has 0 radical (unpaired) electrons. The molecule has 2 N–H and O–H groups in total. The molecule has 3 rings (SSSR count). The van der Waals surface area contributed by atoms with Gasteiger partial charge in [0.2, 0.25) is 0 Å². The first-order chi connectivity index (χ1) is 15.0. The number of ether oxygens (including phenoxy) is 2. The average molecular weight is 487 g/mol. The fourth-order valence-corrected chi connectivity index (χ4v) is 3.63.